The highest BCUT2D eigenvalue weighted by atomic mass is 16.1. The quantitative estimate of drug-likeness (QED) is 0.314. The van der Waals surface area contributed by atoms with Crippen LogP contribution in [-0.4, -0.2) is 11.6 Å². The van der Waals surface area contributed by atoms with Crippen LogP contribution in [-0.2, 0) is 9.59 Å². The molecule has 0 heterocycles. The number of carbonyl (C=O) groups excluding carboxylic acids is 2. The van der Waals surface area contributed by atoms with Crippen molar-refractivity contribution in [1.29, 1.82) is 0 Å². The summed E-state index contributed by atoms with van der Waals surface area (Å²) in [5.74, 6) is 0.0691. The number of carbonyl (C=O) groups is 2. The molecule has 0 fully saturated rings. The average molecular weight is 210 g/mol. The molecule has 0 atom stereocenters. The summed E-state index contributed by atoms with van der Waals surface area (Å²) in [6.07, 6.45) is 9.34. The fourth-order valence-corrected chi connectivity index (χ4v) is 1.51. The first-order chi connectivity index (χ1) is 7.16. The second-order valence-electron chi connectivity index (χ2n) is 4.01. The molecule has 0 aliphatic heterocycles. The molecule has 0 N–H and O–H groups in total. The van der Waals surface area contributed by atoms with E-state index in [4.69, 9.17) is 0 Å². The third-order valence-corrected chi connectivity index (χ3v) is 2.31. The molecule has 15 heavy (non-hydrogen) atoms. The van der Waals surface area contributed by atoms with Crippen molar-refractivity contribution in [3.8, 4) is 0 Å². The van der Waals surface area contributed by atoms with Crippen LogP contribution < -0.4 is 0 Å². The summed E-state index contributed by atoms with van der Waals surface area (Å²) in [4.78, 5) is 21.8. The predicted octanol–water partition coefficient (Wildman–Crippen LogP) is 3.45. The number of unbranched alkanes of at least 4 members (excludes halogenated alkanes) is 5. The third kappa shape index (κ3) is 11.0. The third-order valence-electron chi connectivity index (χ3n) is 2.31. The van der Waals surface area contributed by atoms with Gasteiger partial charge in [0.1, 0.15) is 11.6 Å². The van der Waals surface area contributed by atoms with Gasteiger partial charge in [-0.05, 0) is 26.2 Å². The summed E-state index contributed by atoms with van der Waals surface area (Å²) in [6.45, 7) is 5.13. The number of rotatable bonds is 10. The van der Waals surface area contributed by atoms with E-state index in [1.165, 1.54) is 26.2 Å². The van der Waals surface area contributed by atoms with Gasteiger partial charge in [0.25, 0.3) is 0 Å². The molecule has 0 aliphatic carbocycles. The molecule has 0 aromatic rings. The van der Waals surface area contributed by atoms with Crippen LogP contribution in [0.2, 0.25) is 0 Å². The molecule has 0 unspecified atom stereocenters. The summed E-state index contributed by atoms with van der Waals surface area (Å²) in [5, 5.41) is 0. The summed E-state index contributed by atoms with van der Waals surface area (Å²) in [5.41, 5.74) is 0. The Labute approximate surface area is 92.8 Å². The highest BCUT2D eigenvalue weighted by molar-refractivity contribution is 5.97. The van der Waals surface area contributed by atoms with Gasteiger partial charge >= 0.3 is 0 Å². The number of hydrogen-bond acceptors (Lipinski definition) is 2. The topological polar surface area (TPSA) is 34.1 Å². The van der Waals surface area contributed by atoms with Crippen molar-refractivity contribution in [3.05, 3.63) is 12.7 Å². The van der Waals surface area contributed by atoms with Crippen molar-refractivity contribution >= 4 is 11.6 Å². The molecule has 0 aliphatic rings. The Morgan fingerprint density at radius 3 is 2.27 bits per heavy atom. The van der Waals surface area contributed by atoms with Gasteiger partial charge in [-0.1, -0.05) is 25.3 Å². The molecule has 0 bridgehead atoms. The van der Waals surface area contributed by atoms with E-state index in [1.807, 2.05) is 6.08 Å². The van der Waals surface area contributed by atoms with Crippen LogP contribution in [0.15, 0.2) is 12.7 Å². The van der Waals surface area contributed by atoms with Gasteiger partial charge in [0, 0.05) is 6.42 Å². The molecule has 0 rings (SSSR count). The summed E-state index contributed by atoms with van der Waals surface area (Å²) >= 11 is 0. The molecule has 2 nitrogen and oxygen atoms in total. The average Bonchev–Trinajstić information content (AvgIpc) is 2.15. The normalized spacial score (nSPS) is 9.93. The van der Waals surface area contributed by atoms with Gasteiger partial charge in [0.15, 0.2) is 0 Å². The van der Waals surface area contributed by atoms with Gasteiger partial charge < -0.3 is 0 Å². The maximum atomic E-state index is 11.2. The number of hydrogen-bond donors (Lipinski definition) is 0. The first kappa shape index (κ1) is 14.1. The first-order valence-electron chi connectivity index (χ1n) is 5.79. The number of ketones is 2. The molecule has 0 aromatic carbocycles. The zero-order valence-corrected chi connectivity index (χ0v) is 9.76. The molecule has 0 aromatic heterocycles. The smallest absolute Gasteiger partial charge is 0.140 e. The predicted molar refractivity (Wildman–Crippen MR) is 62.8 cm³/mol. The molecular formula is C13H22O2. The second-order valence-corrected chi connectivity index (χ2v) is 4.01. The Morgan fingerprint density at radius 2 is 1.67 bits per heavy atom. The SMILES string of the molecule is C=CCCCCCCCC(=O)CC(C)=O. The summed E-state index contributed by atoms with van der Waals surface area (Å²) < 4.78 is 0. The fraction of sp³-hybridized carbons (Fsp3) is 0.692. The Balaban J connectivity index is 3.20. The van der Waals surface area contributed by atoms with E-state index in [9.17, 15) is 9.59 Å². The van der Waals surface area contributed by atoms with E-state index in [2.05, 4.69) is 6.58 Å². The minimum Gasteiger partial charge on any atom is -0.300 e. The van der Waals surface area contributed by atoms with Crippen LogP contribution in [0.25, 0.3) is 0 Å². The van der Waals surface area contributed by atoms with Crippen LogP contribution >= 0.6 is 0 Å². The van der Waals surface area contributed by atoms with Crippen LogP contribution in [0.1, 0.15) is 58.3 Å². The Hall–Kier alpha value is -0.920. The lowest BCUT2D eigenvalue weighted by Crippen LogP contribution is -2.03. The van der Waals surface area contributed by atoms with Crippen molar-refractivity contribution in [2.75, 3.05) is 0 Å². The van der Waals surface area contributed by atoms with E-state index in [0.717, 1.165) is 19.3 Å². The maximum Gasteiger partial charge on any atom is 0.140 e. The van der Waals surface area contributed by atoms with Crippen molar-refractivity contribution in [2.45, 2.75) is 58.3 Å². The van der Waals surface area contributed by atoms with E-state index >= 15 is 0 Å². The standard InChI is InChI=1S/C13H22O2/c1-3-4-5-6-7-8-9-10-13(15)11-12(2)14/h3H,1,4-11H2,2H3. The van der Waals surface area contributed by atoms with Crippen LogP contribution in [0.5, 0.6) is 0 Å². The fourth-order valence-electron chi connectivity index (χ4n) is 1.51. The van der Waals surface area contributed by atoms with Gasteiger partial charge in [-0.3, -0.25) is 9.59 Å². The molecule has 0 spiro atoms. The lowest BCUT2D eigenvalue weighted by atomic mass is 10.1. The van der Waals surface area contributed by atoms with Crippen molar-refractivity contribution < 1.29 is 9.59 Å². The molecule has 86 valence electrons. The first-order valence-corrected chi connectivity index (χ1v) is 5.79. The minimum absolute atomic E-state index is 0.0222. The van der Waals surface area contributed by atoms with E-state index < -0.39 is 0 Å². The number of allylic oxidation sites excluding steroid dienone is 1. The van der Waals surface area contributed by atoms with Gasteiger partial charge in [-0.2, -0.15) is 0 Å². The Bertz CT molecular complexity index is 207. The van der Waals surface area contributed by atoms with Gasteiger partial charge in [0.05, 0.1) is 6.42 Å². The molecule has 0 amide bonds. The van der Waals surface area contributed by atoms with Crippen LogP contribution in [0.3, 0.4) is 0 Å². The van der Waals surface area contributed by atoms with E-state index in [1.54, 1.807) is 0 Å². The highest BCUT2D eigenvalue weighted by Gasteiger charge is 2.04. The lowest BCUT2D eigenvalue weighted by molar-refractivity contribution is -0.125. The van der Waals surface area contributed by atoms with Crippen LogP contribution in [0, 0.1) is 0 Å². The molecule has 0 saturated carbocycles. The van der Waals surface area contributed by atoms with Gasteiger partial charge in [-0.15, -0.1) is 6.58 Å². The Kier molecular flexibility index (Phi) is 9.04. The van der Waals surface area contributed by atoms with Crippen LogP contribution in [0.4, 0.5) is 0 Å². The zero-order chi connectivity index (χ0) is 11.5. The minimum atomic E-state index is -0.0222. The van der Waals surface area contributed by atoms with Crippen molar-refractivity contribution in [3.63, 3.8) is 0 Å². The summed E-state index contributed by atoms with van der Waals surface area (Å²) in [7, 11) is 0. The van der Waals surface area contributed by atoms with Crippen molar-refractivity contribution in [1.82, 2.24) is 0 Å². The molecule has 0 radical (unpaired) electrons. The zero-order valence-electron chi connectivity index (χ0n) is 9.76. The van der Waals surface area contributed by atoms with E-state index in [-0.39, 0.29) is 18.0 Å². The Morgan fingerprint density at radius 1 is 1.07 bits per heavy atom. The number of Topliss-reactive ketones (excluding diaryl/α,β-unsaturated/α-hetero) is 2. The molecular weight excluding hydrogens is 188 g/mol. The molecule has 0 saturated heterocycles. The highest BCUT2D eigenvalue weighted by Crippen LogP contribution is 2.08. The second kappa shape index (κ2) is 9.63. The van der Waals surface area contributed by atoms with Gasteiger partial charge in [-0.25, -0.2) is 0 Å². The van der Waals surface area contributed by atoms with Crippen molar-refractivity contribution in [2.24, 2.45) is 0 Å². The van der Waals surface area contributed by atoms with E-state index in [0.29, 0.717) is 6.42 Å². The monoisotopic (exact) mass is 210 g/mol. The maximum absolute atomic E-state index is 11.2. The summed E-state index contributed by atoms with van der Waals surface area (Å²) in [6, 6.07) is 0. The molecule has 2 heteroatoms. The lowest BCUT2D eigenvalue weighted by Gasteiger charge is -1.99. The van der Waals surface area contributed by atoms with Gasteiger partial charge in [0.2, 0.25) is 0 Å². The largest absolute Gasteiger partial charge is 0.300 e.